The van der Waals surface area contributed by atoms with E-state index < -0.39 is 6.43 Å². The molecule has 1 aromatic heterocycles. The molecule has 41 heavy (non-hydrogen) atoms. The lowest BCUT2D eigenvalue weighted by Gasteiger charge is -2.39. The molecule has 10 heteroatoms. The van der Waals surface area contributed by atoms with Gasteiger partial charge in [-0.15, -0.1) is 0 Å². The van der Waals surface area contributed by atoms with Crippen LogP contribution in [0.2, 0.25) is 0 Å². The summed E-state index contributed by atoms with van der Waals surface area (Å²) in [6, 6.07) is 9.75. The molecule has 3 aliphatic heterocycles. The fourth-order valence-electron chi connectivity index (χ4n) is 6.51. The molecule has 0 saturated carbocycles. The highest BCUT2D eigenvalue weighted by Gasteiger charge is 2.29. The van der Waals surface area contributed by atoms with Crippen LogP contribution in [-0.2, 0) is 23.0 Å². The molecule has 0 radical (unpaired) electrons. The molecule has 218 valence electrons. The Morgan fingerprint density at radius 3 is 2.29 bits per heavy atom. The number of nitrogens with zero attached hydrogens (tertiary/aromatic N) is 5. The lowest BCUT2D eigenvalue weighted by Crippen LogP contribution is -2.48. The minimum Gasteiger partial charge on any atom is -0.378 e. The Balaban J connectivity index is 1.48. The summed E-state index contributed by atoms with van der Waals surface area (Å²) in [5.41, 5.74) is 5.75. The van der Waals surface area contributed by atoms with Crippen LogP contribution < -0.4 is 20.3 Å². The lowest BCUT2D eigenvalue weighted by atomic mass is 9.95. The normalized spacial score (nSPS) is 17.9. The van der Waals surface area contributed by atoms with E-state index in [1.807, 2.05) is 24.0 Å². The first kappa shape index (κ1) is 27.5. The first-order valence-corrected chi connectivity index (χ1v) is 14.4. The zero-order valence-corrected chi connectivity index (χ0v) is 24.0. The number of pyridine rings is 1. The van der Waals surface area contributed by atoms with Gasteiger partial charge >= 0.3 is 0 Å². The molecular formula is C31H37F2N5O3. The summed E-state index contributed by atoms with van der Waals surface area (Å²) in [5, 5.41) is 0.928. The van der Waals surface area contributed by atoms with E-state index in [-0.39, 0.29) is 17.0 Å². The molecule has 0 unspecified atom stereocenters. The van der Waals surface area contributed by atoms with Gasteiger partial charge in [-0.1, -0.05) is 0 Å². The van der Waals surface area contributed by atoms with Crippen LogP contribution in [0.1, 0.15) is 36.5 Å². The maximum Gasteiger partial charge on any atom is 0.265 e. The smallest absolute Gasteiger partial charge is 0.265 e. The van der Waals surface area contributed by atoms with Gasteiger partial charge in [0.05, 0.1) is 24.4 Å². The third-order valence-corrected chi connectivity index (χ3v) is 8.80. The number of hydrogen-bond donors (Lipinski definition) is 0. The standard InChI is InChI=1S/C31H37F2N5O3/c1-20-15-24-27(34(3)31(20)40)17-23(36-11-13-41-14-12-36)18-29(24)38-6-4-5-22-16-28(25(30(32)33)19-26(22)38)37-9-7-35(8-10-37)21(2)39/h15-19,30H,4-14H2,1-3H3. The van der Waals surface area contributed by atoms with Crippen molar-refractivity contribution in [3.05, 3.63) is 57.4 Å². The number of amides is 1. The van der Waals surface area contributed by atoms with Crippen LogP contribution >= 0.6 is 0 Å². The molecule has 0 N–H and O–H groups in total. The molecule has 0 aliphatic carbocycles. The summed E-state index contributed by atoms with van der Waals surface area (Å²) < 4.78 is 36.5. The van der Waals surface area contributed by atoms with Crippen LogP contribution in [0.5, 0.6) is 0 Å². The second-order valence-electron chi connectivity index (χ2n) is 11.3. The molecule has 6 rings (SSSR count). The number of morpholine rings is 1. The zero-order chi connectivity index (χ0) is 28.8. The summed E-state index contributed by atoms with van der Waals surface area (Å²) in [6.07, 6.45) is -0.953. The van der Waals surface area contributed by atoms with Crippen LogP contribution in [0, 0.1) is 6.92 Å². The number of rotatable bonds is 4. The van der Waals surface area contributed by atoms with Gasteiger partial charge in [0, 0.05) is 93.4 Å². The molecule has 2 saturated heterocycles. The third-order valence-electron chi connectivity index (χ3n) is 8.80. The van der Waals surface area contributed by atoms with Crippen molar-refractivity contribution in [1.82, 2.24) is 9.47 Å². The van der Waals surface area contributed by atoms with E-state index in [1.165, 1.54) is 0 Å². The van der Waals surface area contributed by atoms with Crippen LogP contribution in [0.15, 0.2) is 35.1 Å². The van der Waals surface area contributed by atoms with Gasteiger partial charge in [-0.3, -0.25) is 9.59 Å². The molecule has 0 bridgehead atoms. The van der Waals surface area contributed by atoms with E-state index in [0.717, 1.165) is 59.5 Å². The van der Waals surface area contributed by atoms with Gasteiger partial charge < -0.3 is 28.9 Å². The van der Waals surface area contributed by atoms with Crippen molar-refractivity contribution in [2.45, 2.75) is 33.1 Å². The van der Waals surface area contributed by atoms with Crippen molar-refractivity contribution in [3.63, 3.8) is 0 Å². The fraction of sp³-hybridized carbons (Fsp3) is 0.484. The Morgan fingerprint density at radius 2 is 1.61 bits per heavy atom. The summed E-state index contributed by atoms with van der Waals surface area (Å²) >= 11 is 0. The fourth-order valence-corrected chi connectivity index (χ4v) is 6.51. The lowest BCUT2D eigenvalue weighted by molar-refractivity contribution is -0.129. The van der Waals surface area contributed by atoms with E-state index in [1.54, 1.807) is 29.5 Å². The number of anilines is 4. The Bertz CT molecular complexity index is 1540. The zero-order valence-electron chi connectivity index (χ0n) is 24.0. The van der Waals surface area contributed by atoms with Crippen molar-refractivity contribution in [2.24, 2.45) is 7.05 Å². The molecule has 3 aromatic rings. The maximum absolute atomic E-state index is 14.6. The second kappa shape index (κ2) is 11.0. The van der Waals surface area contributed by atoms with E-state index in [2.05, 4.69) is 21.9 Å². The minimum atomic E-state index is -2.63. The monoisotopic (exact) mass is 565 g/mol. The Kier molecular flexibility index (Phi) is 7.36. The largest absolute Gasteiger partial charge is 0.378 e. The maximum atomic E-state index is 14.6. The predicted molar refractivity (Wildman–Crippen MR) is 158 cm³/mol. The Hall–Kier alpha value is -3.66. The number of hydrogen-bond acceptors (Lipinski definition) is 6. The van der Waals surface area contributed by atoms with Gasteiger partial charge in [0.1, 0.15) is 0 Å². The first-order chi connectivity index (χ1) is 19.7. The Morgan fingerprint density at radius 1 is 0.878 bits per heavy atom. The van der Waals surface area contributed by atoms with Crippen molar-refractivity contribution < 1.29 is 18.3 Å². The number of alkyl halides is 2. The van der Waals surface area contributed by atoms with E-state index in [0.29, 0.717) is 57.2 Å². The minimum absolute atomic E-state index is 0.0130. The topological polar surface area (TPSA) is 61.3 Å². The van der Waals surface area contributed by atoms with Gasteiger partial charge in [-0.2, -0.15) is 0 Å². The van der Waals surface area contributed by atoms with Gasteiger partial charge in [0.2, 0.25) is 5.91 Å². The molecule has 0 atom stereocenters. The van der Waals surface area contributed by atoms with E-state index in [9.17, 15) is 18.4 Å². The molecule has 8 nitrogen and oxygen atoms in total. The van der Waals surface area contributed by atoms with Crippen LogP contribution in [0.3, 0.4) is 0 Å². The molecule has 0 spiro atoms. The number of aryl methyl sites for hydroxylation is 3. The number of piperazine rings is 1. The van der Waals surface area contributed by atoms with Gasteiger partial charge in [0.25, 0.3) is 12.0 Å². The quantitative estimate of drug-likeness (QED) is 0.468. The van der Waals surface area contributed by atoms with Crippen LogP contribution in [0.4, 0.5) is 31.5 Å². The molecule has 3 aliphatic rings. The van der Waals surface area contributed by atoms with Crippen molar-refractivity contribution >= 4 is 39.6 Å². The predicted octanol–water partition coefficient (Wildman–Crippen LogP) is 4.37. The van der Waals surface area contributed by atoms with Gasteiger partial charge in [0.15, 0.2) is 0 Å². The molecule has 1 amide bonds. The highest BCUT2D eigenvalue weighted by molar-refractivity contribution is 5.98. The number of carbonyl (C=O) groups excluding carboxylic acids is 1. The highest BCUT2D eigenvalue weighted by atomic mass is 19.3. The molecule has 2 aromatic carbocycles. The van der Waals surface area contributed by atoms with Crippen molar-refractivity contribution in [1.29, 1.82) is 0 Å². The van der Waals surface area contributed by atoms with E-state index >= 15 is 0 Å². The number of carbonyl (C=O) groups is 1. The van der Waals surface area contributed by atoms with Crippen LogP contribution in [0.25, 0.3) is 10.9 Å². The average molecular weight is 566 g/mol. The van der Waals surface area contributed by atoms with E-state index in [4.69, 9.17) is 4.74 Å². The number of ether oxygens (including phenoxy) is 1. The summed E-state index contributed by atoms with van der Waals surface area (Å²) in [7, 11) is 1.79. The average Bonchev–Trinajstić information content (AvgIpc) is 2.99. The summed E-state index contributed by atoms with van der Waals surface area (Å²) in [5.74, 6) is 0.0130. The van der Waals surface area contributed by atoms with Crippen LogP contribution in [-0.4, -0.2) is 74.4 Å². The number of halogens is 2. The SMILES string of the molecule is CC(=O)N1CCN(c2cc3c(cc2C(F)F)N(c2cc(N4CCOCC4)cc4c2cc(C)c(=O)n4C)CCC3)CC1. The van der Waals surface area contributed by atoms with Gasteiger partial charge in [-0.25, -0.2) is 8.78 Å². The molecular weight excluding hydrogens is 528 g/mol. The second-order valence-corrected chi connectivity index (χ2v) is 11.3. The molecule has 4 heterocycles. The van der Waals surface area contributed by atoms with Crippen molar-refractivity contribution in [3.8, 4) is 0 Å². The third kappa shape index (κ3) is 5.03. The highest BCUT2D eigenvalue weighted by Crippen LogP contribution is 2.44. The number of aromatic nitrogens is 1. The molecule has 2 fully saturated rings. The van der Waals surface area contributed by atoms with Crippen molar-refractivity contribution in [2.75, 3.05) is 73.7 Å². The summed E-state index contributed by atoms with van der Waals surface area (Å²) in [4.78, 5) is 32.9. The summed E-state index contributed by atoms with van der Waals surface area (Å²) in [6.45, 7) is 8.93. The number of fused-ring (bicyclic) bond motifs is 2. The first-order valence-electron chi connectivity index (χ1n) is 14.4. The number of benzene rings is 2. The Labute approximate surface area is 238 Å². The van der Waals surface area contributed by atoms with Gasteiger partial charge in [-0.05, 0) is 55.7 Å².